The highest BCUT2D eigenvalue weighted by Crippen LogP contribution is 2.20. The minimum Gasteiger partial charge on any atom is -0.311 e. The summed E-state index contributed by atoms with van der Waals surface area (Å²) in [4.78, 5) is 0. The fraction of sp³-hybridized carbons (Fsp3) is 0.600. The molecule has 0 spiro atoms. The van der Waals surface area contributed by atoms with Crippen LogP contribution in [0.5, 0.6) is 0 Å². The normalized spacial score (nSPS) is 12.8. The van der Waals surface area contributed by atoms with Gasteiger partial charge >= 0.3 is 0 Å². The number of fused-ring (bicyclic) bond motifs is 1. The SMILES string of the molecule is CC(C)(C)CNCc1nnc(CNCC(C)(C)C)c2ccccc12. The third-order valence-corrected chi connectivity index (χ3v) is 3.74. The molecule has 1 heterocycles. The van der Waals surface area contributed by atoms with E-state index in [1.54, 1.807) is 0 Å². The van der Waals surface area contributed by atoms with Gasteiger partial charge in [0.1, 0.15) is 0 Å². The van der Waals surface area contributed by atoms with Gasteiger partial charge in [-0.3, -0.25) is 0 Å². The molecule has 0 amide bonds. The first-order valence-electron chi connectivity index (χ1n) is 8.80. The second-order valence-corrected chi connectivity index (χ2v) is 8.97. The summed E-state index contributed by atoms with van der Waals surface area (Å²) in [6.45, 7) is 16.8. The Morgan fingerprint density at radius 2 is 1.08 bits per heavy atom. The molecule has 0 saturated carbocycles. The first-order chi connectivity index (χ1) is 11.2. The van der Waals surface area contributed by atoms with Crippen LogP contribution in [0.3, 0.4) is 0 Å². The molecule has 132 valence electrons. The number of rotatable bonds is 6. The first-order valence-corrected chi connectivity index (χ1v) is 8.80. The molecule has 0 bridgehead atoms. The molecule has 0 unspecified atom stereocenters. The van der Waals surface area contributed by atoms with Crippen LogP contribution in [0.1, 0.15) is 52.9 Å². The van der Waals surface area contributed by atoms with Gasteiger partial charge in [-0.25, -0.2) is 0 Å². The number of aromatic nitrogens is 2. The van der Waals surface area contributed by atoms with Crippen molar-refractivity contribution < 1.29 is 0 Å². The molecule has 1 aromatic heterocycles. The molecule has 0 fully saturated rings. The Hall–Kier alpha value is -1.52. The molecule has 4 heteroatoms. The predicted molar refractivity (Wildman–Crippen MR) is 102 cm³/mol. The average molecular weight is 329 g/mol. The summed E-state index contributed by atoms with van der Waals surface area (Å²) in [5.74, 6) is 0. The van der Waals surface area contributed by atoms with E-state index in [0.29, 0.717) is 0 Å². The zero-order valence-corrected chi connectivity index (χ0v) is 16.0. The molecule has 1 aromatic carbocycles. The van der Waals surface area contributed by atoms with Crippen LogP contribution in [0.25, 0.3) is 10.8 Å². The van der Waals surface area contributed by atoms with Gasteiger partial charge in [-0.15, -0.1) is 0 Å². The fourth-order valence-electron chi connectivity index (χ4n) is 2.59. The van der Waals surface area contributed by atoms with E-state index in [9.17, 15) is 0 Å². The van der Waals surface area contributed by atoms with Crippen LogP contribution in [0.4, 0.5) is 0 Å². The maximum Gasteiger partial charge on any atom is 0.0847 e. The summed E-state index contributed by atoms with van der Waals surface area (Å²) in [6, 6.07) is 8.43. The van der Waals surface area contributed by atoms with E-state index in [0.717, 1.165) is 37.6 Å². The minimum absolute atomic E-state index is 0.264. The Morgan fingerprint density at radius 3 is 1.42 bits per heavy atom. The molecule has 0 atom stereocenters. The maximum absolute atomic E-state index is 4.49. The highest BCUT2D eigenvalue weighted by molar-refractivity contribution is 5.86. The number of nitrogens with zero attached hydrogens (tertiary/aromatic N) is 2. The van der Waals surface area contributed by atoms with Gasteiger partial charge in [0.2, 0.25) is 0 Å². The lowest BCUT2D eigenvalue weighted by molar-refractivity contribution is 0.376. The topological polar surface area (TPSA) is 49.8 Å². The summed E-state index contributed by atoms with van der Waals surface area (Å²) in [6.07, 6.45) is 0. The molecule has 2 rings (SSSR count). The van der Waals surface area contributed by atoms with Crippen molar-refractivity contribution in [3.63, 3.8) is 0 Å². The molecule has 0 aliphatic carbocycles. The highest BCUT2D eigenvalue weighted by Gasteiger charge is 2.13. The van der Waals surface area contributed by atoms with Crippen LogP contribution in [0, 0.1) is 10.8 Å². The summed E-state index contributed by atoms with van der Waals surface area (Å²) < 4.78 is 0. The van der Waals surface area contributed by atoms with E-state index in [-0.39, 0.29) is 10.8 Å². The van der Waals surface area contributed by atoms with Gasteiger partial charge in [-0.1, -0.05) is 65.8 Å². The van der Waals surface area contributed by atoms with Crippen molar-refractivity contribution in [1.82, 2.24) is 20.8 Å². The van der Waals surface area contributed by atoms with Crippen LogP contribution in [-0.4, -0.2) is 23.3 Å². The van der Waals surface area contributed by atoms with Crippen molar-refractivity contribution in [2.24, 2.45) is 10.8 Å². The standard InChI is InChI=1S/C20H32N4/c1-19(2,3)13-21-11-17-15-9-7-8-10-16(15)18(24-23-17)12-22-14-20(4,5)6/h7-10,21-22H,11-14H2,1-6H3. The highest BCUT2D eigenvalue weighted by atomic mass is 15.1. The zero-order chi connectivity index (χ0) is 17.8. The summed E-state index contributed by atoms with van der Waals surface area (Å²) in [5.41, 5.74) is 2.57. The van der Waals surface area contributed by atoms with Gasteiger partial charge in [0.25, 0.3) is 0 Å². The van der Waals surface area contributed by atoms with E-state index < -0.39 is 0 Å². The van der Waals surface area contributed by atoms with Crippen LogP contribution in [-0.2, 0) is 13.1 Å². The minimum atomic E-state index is 0.264. The van der Waals surface area contributed by atoms with E-state index >= 15 is 0 Å². The van der Waals surface area contributed by atoms with E-state index in [1.165, 1.54) is 10.8 Å². The Balaban J connectivity index is 2.14. The van der Waals surface area contributed by atoms with E-state index in [4.69, 9.17) is 0 Å². The second kappa shape index (κ2) is 7.58. The molecule has 0 saturated heterocycles. The average Bonchev–Trinajstić information content (AvgIpc) is 2.46. The van der Waals surface area contributed by atoms with Crippen LogP contribution < -0.4 is 10.6 Å². The zero-order valence-electron chi connectivity index (χ0n) is 16.0. The largest absolute Gasteiger partial charge is 0.311 e. The predicted octanol–water partition coefficient (Wildman–Crippen LogP) is 3.90. The third-order valence-electron chi connectivity index (χ3n) is 3.74. The lowest BCUT2D eigenvalue weighted by Crippen LogP contribution is -2.28. The first kappa shape index (κ1) is 18.8. The molecule has 4 nitrogen and oxygen atoms in total. The van der Waals surface area contributed by atoms with Gasteiger partial charge in [-0.2, -0.15) is 10.2 Å². The van der Waals surface area contributed by atoms with Gasteiger partial charge in [-0.05, 0) is 10.8 Å². The lowest BCUT2D eigenvalue weighted by Gasteiger charge is -2.20. The molecular weight excluding hydrogens is 296 g/mol. The third kappa shape index (κ3) is 5.84. The van der Waals surface area contributed by atoms with E-state index in [2.05, 4.69) is 86.6 Å². The van der Waals surface area contributed by atoms with Crippen molar-refractivity contribution in [1.29, 1.82) is 0 Å². The van der Waals surface area contributed by atoms with Crippen LogP contribution in [0.15, 0.2) is 24.3 Å². The van der Waals surface area contributed by atoms with Crippen LogP contribution in [0.2, 0.25) is 0 Å². The molecular formula is C20H32N4. The van der Waals surface area contributed by atoms with Gasteiger partial charge < -0.3 is 10.6 Å². The maximum atomic E-state index is 4.49. The Bertz CT molecular complexity index is 607. The van der Waals surface area contributed by atoms with Crippen molar-refractivity contribution in [3.8, 4) is 0 Å². The van der Waals surface area contributed by atoms with Crippen molar-refractivity contribution in [2.75, 3.05) is 13.1 Å². The Labute approximate surface area is 146 Å². The fourth-order valence-corrected chi connectivity index (χ4v) is 2.59. The number of hydrogen-bond donors (Lipinski definition) is 2. The van der Waals surface area contributed by atoms with Gasteiger partial charge in [0.05, 0.1) is 11.4 Å². The molecule has 0 aliphatic rings. The molecule has 0 radical (unpaired) electrons. The van der Waals surface area contributed by atoms with Crippen molar-refractivity contribution in [3.05, 3.63) is 35.7 Å². The Morgan fingerprint density at radius 1 is 0.708 bits per heavy atom. The molecule has 24 heavy (non-hydrogen) atoms. The number of hydrogen-bond acceptors (Lipinski definition) is 4. The molecule has 2 aromatic rings. The summed E-state index contributed by atoms with van der Waals surface area (Å²) >= 11 is 0. The smallest absolute Gasteiger partial charge is 0.0847 e. The van der Waals surface area contributed by atoms with Crippen molar-refractivity contribution in [2.45, 2.75) is 54.6 Å². The van der Waals surface area contributed by atoms with Gasteiger partial charge in [0, 0.05) is 37.0 Å². The molecule has 0 aliphatic heterocycles. The Kier molecular flexibility index (Phi) is 5.94. The number of benzene rings is 1. The second-order valence-electron chi connectivity index (χ2n) is 8.97. The summed E-state index contributed by atoms with van der Waals surface area (Å²) in [5, 5.41) is 18.4. The molecule has 2 N–H and O–H groups in total. The van der Waals surface area contributed by atoms with Crippen molar-refractivity contribution >= 4 is 10.8 Å². The van der Waals surface area contributed by atoms with E-state index in [1.807, 2.05) is 0 Å². The van der Waals surface area contributed by atoms with Crippen LogP contribution >= 0.6 is 0 Å². The number of nitrogens with one attached hydrogen (secondary N) is 2. The monoisotopic (exact) mass is 328 g/mol. The summed E-state index contributed by atoms with van der Waals surface area (Å²) in [7, 11) is 0. The quantitative estimate of drug-likeness (QED) is 0.844. The lowest BCUT2D eigenvalue weighted by atomic mass is 9.97. The van der Waals surface area contributed by atoms with Gasteiger partial charge in [0.15, 0.2) is 0 Å².